The van der Waals surface area contributed by atoms with Gasteiger partial charge < -0.3 is 13.7 Å². The predicted octanol–water partition coefficient (Wildman–Crippen LogP) is -0.539. The summed E-state index contributed by atoms with van der Waals surface area (Å²) >= 11 is 0. The van der Waals surface area contributed by atoms with Gasteiger partial charge in [0.2, 0.25) is 0 Å². The molecule has 0 aromatic carbocycles. The summed E-state index contributed by atoms with van der Waals surface area (Å²) in [4.78, 5) is 2.55. The molecule has 10 heteroatoms. The number of rotatable bonds is 3. The number of aromatic nitrogens is 9. The van der Waals surface area contributed by atoms with Crippen LogP contribution in [0.1, 0.15) is 19.3 Å². The Morgan fingerprint density at radius 1 is 0.480 bits per heavy atom. The maximum Gasteiger partial charge on any atom is 0.119 e. The molecule has 3 aromatic heterocycles. The minimum absolute atomic E-state index is 0.0488. The van der Waals surface area contributed by atoms with Gasteiger partial charge in [-0.05, 0) is 19.3 Å². The number of hydrogen-bond donors (Lipinski definition) is 0. The van der Waals surface area contributed by atoms with Crippen LogP contribution in [0, 0.1) is 0 Å². The van der Waals surface area contributed by atoms with Gasteiger partial charge in [0.15, 0.2) is 0 Å². The van der Waals surface area contributed by atoms with E-state index in [1.54, 1.807) is 0 Å². The molecule has 0 radical (unpaired) electrons. The van der Waals surface area contributed by atoms with Gasteiger partial charge in [-0.25, -0.2) is 0 Å². The zero-order chi connectivity index (χ0) is 16.5. The van der Waals surface area contributed by atoms with E-state index in [0.29, 0.717) is 0 Å². The van der Waals surface area contributed by atoms with E-state index >= 15 is 0 Å². The van der Waals surface area contributed by atoms with Crippen LogP contribution in [0.2, 0.25) is 0 Å². The summed E-state index contributed by atoms with van der Waals surface area (Å²) in [5, 5.41) is 24.5. The van der Waals surface area contributed by atoms with E-state index in [1.165, 1.54) is 0 Å². The van der Waals surface area contributed by atoms with E-state index < -0.39 is 0 Å². The molecule has 0 amide bonds. The Hall–Kier alpha value is -2.62. The second-order valence-corrected chi connectivity index (χ2v) is 7.96. The minimum Gasteiger partial charge on any atom is -0.312 e. The van der Waals surface area contributed by atoms with Crippen molar-refractivity contribution in [2.45, 2.75) is 35.9 Å². The molecular weight excluding hydrogens is 320 g/mol. The molecule has 10 nitrogen and oxygen atoms in total. The maximum atomic E-state index is 4.08. The fourth-order valence-electron chi connectivity index (χ4n) is 5.91. The van der Waals surface area contributed by atoms with Crippen molar-refractivity contribution in [1.82, 2.24) is 49.2 Å². The Morgan fingerprint density at radius 3 is 1.04 bits per heavy atom. The largest absolute Gasteiger partial charge is 0.312 e. The van der Waals surface area contributed by atoms with Crippen molar-refractivity contribution < 1.29 is 0 Å². The van der Waals surface area contributed by atoms with Crippen molar-refractivity contribution in [2.24, 2.45) is 0 Å². The van der Waals surface area contributed by atoms with Crippen LogP contribution in [0.4, 0.5) is 0 Å². The van der Waals surface area contributed by atoms with Crippen molar-refractivity contribution in [3.05, 3.63) is 38.0 Å². The second-order valence-electron chi connectivity index (χ2n) is 7.96. The van der Waals surface area contributed by atoms with E-state index in [0.717, 1.165) is 38.9 Å². The average Bonchev–Trinajstić information content (AvgIpc) is 3.36. The zero-order valence-corrected chi connectivity index (χ0v) is 13.7. The van der Waals surface area contributed by atoms with Gasteiger partial charge in [-0.15, -0.1) is 30.6 Å². The highest BCUT2D eigenvalue weighted by molar-refractivity contribution is 5.20. The zero-order valence-electron chi connectivity index (χ0n) is 13.7. The normalized spacial score (nSPS) is 39.1. The molecule has 0 spiro atoms. The van der Waals surface area contributed by atoms with Gasteiger partial charge in [0.1, 0.15) is 38.0 Å². The molecule has 25 heavy (non-hydrogen) atoms. The predicted molar refractivity (Wildman–Crippen MR) is 84.3 cm³/mol. The molecule has 1 saturated carbocycles. The van der Waals surface area contributed by atoms with E-state index in [1.807, 2.05) is 38.0 Å². The average molecular weight is 338 g/mol. The highest BCUT2D eigenvalue weighted by Crippen LogP contribution is 2.58. The smallest absolute Gasteiger partial charge is 0.119 e. The van der Waals surface area contributed by atoms with Crippen LogP contribution in [0.5, 0.6) is 0 Å². The summed E-state index contributed by atoms with van der Waals surface area (Å²) in [6.45, 7) is 3.04. The third kappa shape index (κ3) is 1.67. The SMILES string of the molecule is c1nncn1C12CN3CC(n4cnnc4)(C1)CC(n1cnnc1)(C3)C2. The molecule has 4 fully saturated rings. The number of piperidine rings is 3. The lowest BCUT2D eigenvalue weighted by molar-refractivity contribution is -0.153. The fraction of sp³-hybridized carbons (Fsp3) is 0.600. The monoisotopic (exact) mass is 338 g/mol. The summed E-state index contributed by atoms with van der Waals surface area (Å²) in [6, 6.07) is 0. The summed E-state index contributed by atoms with van der Waals surface area (Å²) in [5.74, 6) is 0. The molecule has 4 bridgehead atoms. The van der Waals surface area contributed by atoms with Crippen LogP contribution in [-0.2, 0) is 16.6 Å². The van der Waals surface area contributed by atoms with Crippen molar-refractivity contribution >= 4 is 0 Å². The first-order valence-electron chi connectivity index (χ1n) is 8.50. The van der Waals surface area contributed by atoms with E-state index in [4.69, 9.17) is 0 Å². The van der Waals surface area contributed by atoms with E-state index in [9.17, 15) is 0 Å². The lowest BCUT2D eigenvalue weighted by Crippen LogP contribution is -2.75. The second kappa shape index (κ2) is 4.31. The summed E-state index contributed by atoms with van der Waals surface area (Å²) in [6.07, 6.45) is 14.2. The first kappa shape index (κ1) is 13.6. The van der Waals surface area contributed by atoms with Crippen molar-refractivity contribution in [1.29, 1.82) is 0 Å². The van der Waals surface area contributed by atoms with Crippen LogP contribution >= 0.6 is 0 Å². The molecule has 4 aliphatic rings. The van der Waals surface area contributed by atoms with Crippen LogP contribution in [-0.4, -0.2) is 68.8 Å². The lowest BCUT2D eigenvalue weighted by atomic mass is 9.56. The van der Waals surface area contributed by atoms with Crippen LogP contribution in [0.25, 0.3) is 0 Å². The van der Waals surface area contributed by atoms with E-state index in [2.05, 4.69) is 49.2 Å². The molecular formula is C15H18N10. The van der Waals surface area contributed by atoms with Gasteiger partial charge in [-0.2, -0.15) is 0 Å². The van der Waals surface area contributed by atoms with Gasteiger partial charge in [0, 0.05) is 19.6 Å². The Labute approximate surface area is 143 Å². The molecule has 128 valence electrons. The van der Waals surface area contributed by atoms with Gasteiger partial charge >= 0.3 is 0 Å². The standard InChI is InChI=1S/C15H18N10/c1-13(23-7-16-17-8-23)2-15(25-11-20-21-12-25)3-14(1,5-22(4-13)6-15)24-9-18-19-10-24/h7-12H,1-6H2. The Balaban J connectivity index is 1.57. The first-order chi connectivity index (χ1) is 12.2. The molecule has 0 unspecified atom stereocenters. The molecule has 1 aliphatic carbocycles. The number of nitrogens with zero attached hydrogens (tertiary/aromatic N) is 10. The topological polar surface area (TPSA) is 95.4 Å². The van der Waals surface area contributed by atoms with Crippen molar-refractivity contribution in [2.75, 3.05) is 19.6 Å². The molecule has 3 saturated heterocycles. The highest BCUT2D eigenvalue weighted by atomic mass is 15.4. The highest BCUT2D eigenvalue weighted by Gasteiger charge is 2.65. The summed E-state index contributed by atoms with van der Waals surface area (Å²) in [7, 11) is 0. The minimum atomic E-state index is -0.0488. The molecule has 0 N–H and O–H groups in total. The summed E-state index contributed by atoms with van der Waals surface area (Å²) in [5.41, 5.74) is -0.146. The molecule has 6 heterocycles. The van der Waals surface area contributed by atoms with Gasteiger partial charge in [-0.3, -0.25) is 4.90 Å². The van der Waals surface area contributed by atoms with Crippen LogP contribution in [0.3, 0.4) is 0 Å². The van der Waals surface area contributed by atoms with Gasteiger partial charge in [-0.1, -0.05) is 0 Å². The number of hydrogen-bond acceptors (Lipinski definition) is 7. The van der Waals surface area contributed by atoms with Crippen LogP contribution < -0.4 is 0 Å². The fourth-order valence-corrected chi connectivity index (χ4v) is 5.91. The van der Waals surface area contributed by atoms with Gasteiger partial charge in [0.25, 0.3) is 0 Å². The molecule has 3 aliphatic heterocycles. The molecule has 3 aromatic rings. The Morgan fingerprint density at radius 2 is 0.760 bits per heavy atom. The van der Waals surface area contributed by atoms with Gasteiger partial charge in [0.05, 0.1) is 16.6 Å². The van der Waals surface area contributed by atoms with Crippen molar-refractivity contribution in [3.63, 3.8) is 0 Å². The van der Waals surface area contributed by atoms with E-state index in [-0.39, 0.29) is 16.6 Å². The quantitative estimate of drug-likeness (QED) is 0.633. The first-order valence-corrected chi connectivity index (χ1v) is 8.50. The third-order valence-corrected chi connectivity index (χ3v) is 6.43. The molecule has 0 atom stereocenters. The van der Waals surface area contributed by atoms with Crippen molar-refractivity contribution in [3.8, 4) is 0 Å². The van der Waals surface area contributed by atoms with Crippen LogP contribution in [0.15, 0.2) is 38.0 Å². The molecule has 7 rings (SSSR count). The summed E-state index contributed by atoms with van der Waals surface area (Å²) < 4.78 is 6.61. The Bertz CT molecular complexity index is 756. The lowest BCUT2D eigenvalue weighted by Gasteiger charge is -2.67. The Kier molecular flexibility index (Phi) is 2.35. The third-order valence-electron chi connectivity index (χ3n) is 6.43. The maximum absolute atomic E-state index is 4.08.